The summed E-state index contributed by atoms with van der Waals surface area (Å²) in [6.07, 6.45) is -0.288. The summed E-state index contributed by atoms with van der Waals surface area (Å²) in [4.78, 5) is 36.4. The fourth-order valence-electron chi connectivity index (χ4n) is 3.79. The Bertz CT molecular complexity index is 1010. The van der Waals surface area contributed by atoms with Gasteiger partial charge in [-0.25, -0.2) is 4.79 Å². The molecule has 3 amide bonds. The number of halogens is 1. The molecule has 3 rings (SSSR count). The van der Waals surface area contributed by atoms with Gasteiger partial charge in [0, 0.05) is 32.0 Å². The first-order chi connectivity index (χ1) is 14.8. The van der Waals surface area contributed by atoms with E-state index in [1.165, 1.54) is 12.1 Å². The molecule has 2 heterocycles. The van der Waals surface area contributed by atoms with Crippen LogP contribution in [0.4, 0.5) is 8.68 Å². The molecule has 2 aliphatic heterocycles. The van der Waals surface area contributed by atoms with Crippen molar-refractivity contribution in [3.8, 4) is 5.75 Å². The van der Waals surface area contributed by atoms with Crippen LogP contribution in [0.25, 0.3) is 0 Å². The first-order valence-corrected chi connectivity index (χ1v) is 11.8. The molecule has 0 aromatic heterocycles. The lowest BCUT2D eigenvalue weighted by Gasteiger charge is -2.34. The van der Waals surface area contributed by atoms with Gasteiger partial charge in [-0.3, -0.25) is 14.9 Å². The van der Waals surface area contributed by atoms with Gasteiger partial charge >= 0.3 is 16.3 Å². The zero-order chi connectivity index (χ0) is 23.7. The number of amides is 3. The number of nitrogens with zero attached hydrogens (tertiary/aromatic N) is 1. The van der Waals surface area contributed by atoms with E-state index in [1.54, 1.807) is 25.7 Å². The number of rotatable bonds is 4. The van der Waals surface area contributed by atoms with Gasteiger partial charge in [-0.1, -0.05) is 6.07 Å². The zero-order valence-corrected chi connectivity index (χ0v) is 19.0. The first-order valence-electron chi connectivity index (χ1n) is 10.4. The number of carbonyl (C=O) groups excluding carboxylic acids is 3. The van der Waals surface area contributed by atoms with E-state index in [0.29, 0.717) is 31.5 Å². The van der Waals surface area contributed by atoms with Crippen molar-refractivity contribution in [2.75, 3.05) is 13.1 Å². The van der Waals surface area contributed by atoms with Crippen LogP contribution < -0.4 is 10.1 Å². The number of benzene rings is 1. The quantitative estimate of drug-likeness (QED) is 0.531. The van der Waals surface area contributed by atoms with Crippen molar-refractivity contribution in [1.29, 1.82) is 0 Å². The Morgan fingerprint density at radius 2 is 1.81 bits per heavy atom. The first kappa shape index (κ1) is 24.0. The van der Waals surface area contributed by atoms with E-state index < -0.39 is 44.7 Å². The van der Waals surface area contributed by atoms with E-state index in [2.05, 4.69) is 5.32 Å². The van der Waals surface area contributed by atoms with E-state index in [4.69, 9.17) is 9.47 Å². The van der Waals surface area contributed by atoms with E-state index in [0.717, 1.165) is 6.07 Å². The summed E-state index contributed by atoms with van der Waals surface area (Å²) in [6.45, 7) is 6.01. The monoisotopic (exact) mass is 470 g/mol. The molecule has 1 aromatic carbocycles. The predicted molar refractivity (Wildman–Crippen MR) is 111 cm³/mol. The van der Waals surface area contributed by atoms with Crippen LogP contribution in [-0.2, 0) is 24.5 Å². The van der Waals surface area contributed by atoms with Gasteiger partial charge in [-0.15, -0.1) is 3.89 Å². The Balaban J connectivity index is 1.74. The third-order valence-corrected chi connectivity index (χ3v) is 6.18. The van der Waals surface area contributed by atoms with Crippen LogP contribution in [0.1, 0.15) is 57.9 Å². The van der Waals surface area contributed by atoms with Crippen LogP contribution in [0.5, 0.6) is 5.75 Å². The third-order valence-electron chi connectivity index (χ3n) is 5.30. The minimum atomic E-state index is -5.06. The van der Waals surface area contributed by atoms with Gasteiger partial charge in [0.25, 0.3) is 5.91 Å². The number of hydrogen-bond donors (Lipinski definition) is 1. The molecule has 1 aromatic rings. The molecule has 11 heteroatoms. The van der Waals surface area contributed by atoms with Crippen LogP contribution in [-0.4, -0.2) is 56.0 Å². The summed E-state index contributed by atoms with van der Waals surface area (Å²) < 4.78 is 48.7. The van der Waals surface area contributed by atoms with Gasteiger partial charge in [0.2, 0.25) is 5.91 Å². The molecule has 2 aliphatic rings. The number of ether oxygens (including phenoxy) is 2. The number of nitrogens with one attached hydrogen (secondary N) is 1. The van der Waals surface area contributed by atoms with Crippen LogP contribution in [0, 0.1) is 0 Å². The van der Waals surface area contributed by atoms with Gasteiger partial charge in [0.05, 0.1) is 0 Å². The number of carbonyl (C=O) groups is 3. The lowest BCUT2D eigenvalue weighted by atomic mass is 9.89. The maximum absolute atomic E-state index is 14.1. The van der Waals surface area contributed by atoms with Crippen molar-refractivity contribution in [3.05, 3.63) is 23.8 Å². The Kier molecular flexibility index (Phi) is 6.77. The number of hydrogen-bond acceptors (Lipinski definition) is 7. The topological polar surface area (TPSA) is 119 Å². The van der Waals surface area contributed by atoms with Crippen molar-refractivity contribution < 1.29 is 36.2 Å². The molecule has 0 radical (unpaired) electrons. The van der Waals surface area contributed by atoms with E-state index in [9.17, 15) is 26.7 Å². The molecule has 0 bridgehead atoms. The average molecular weight is 471 g/mol. The van der Waals surface area contributed by atoms with Crippen LogP contribution in [0.2, 0.25) is 0 Å². The molecule has 176 valence electrons. The van der Waals surface area contributed by atoms with E-state index >= 15 is 0 Å². The highest BCUT2D eigenvalue weighted by molar-refractivity contribution is 7.86. The minimum Gasteiger partial charge on any atom is -0.481 e. The predicted octanol–water partition coefficient (Wildman–Crippen LogP) is 2.64. The molecule has 0 saturated carbocycles. The lowest BCUT2D eigenvalue weighted by Crippen LogP contribution is -2.46. The van der Waals surface area contributed by atoms with Crippen LogP contribution in [0.3, 0.4) is 0 Å². The molecule has 1 atom stereocenters. The Hall–Kier alpha value is -2.69. The van der Waals surface area contributed by atoms with Crippen molar-refractivity contribution in [2.45, 2.75) is 69.0 Å². The highest BCUT2D eigenvalue weighted by Gasteiger charge is 2.32. The van der Waals surface area contributed by atoms with Crippen molar-refractivity contribution >= 4 is 28.1 Å². The SMILES string of the molecule is CC(C)(C)OC(=O)N1CCC(c2ccc(OC3CCC(=O)NC3=O)cc2S(=O)(=O)F)CC1. The largest absolute Gasteiger partial charge is 0.481 e. The van der Waals surface area contributed by atoms with Gasteiger partial charge in [0.1, 0.15) is 16.2 Å². The molecule has 2 saturated heterocycles. The average Bonchev–Trinajstić information content (AvgIpc) is 2.68. The fourth-order valence-corrected chi connectivity index (χ4v) is 4.56. The molecule has 1 unspecified atom stereocenters. The molecule has 1 N–H and O–H groups in total. The molecule has 0 aliphatic carbocycles. The van der Waals surface area contributed by atoms with Gasteiger partial charge < -0.3 is 14.4 Å². The van der Waals surface area contributed by atoms with E-state index in [1.807, 2.05) is 0 Å². The Labute approximate surface area is 186 Å². The van der Waals surface area contributed by atoms with Crippen molar-refractivity contribution in [3.63, 3.8) is 0 Å². The maximum atomic E-state index is 14.1. The second kappa shape index (κ2) is 9.05. The second-order valence-corrected chi connectivity index (χ2v) is 10.3. The van der Waals surface area contributed by atoms with Gasteiger partial charge in [-0.05, 0) is 51.2 Å². The Morgan fingerprint density at radius 1 is 1.16 bits per heavy atom. The zero-order valence-electron chi connectivity index (χ0n) is 18.2. The van der Waals surface area contributed by atoms with Crippen LogP contribution >= 0.6 is 0 Å². The molecular formula is C21H27FN2O7S. The summed E-state index contributed by atoms with van der Waals surface area (Å²) in [7, 11) is -5.06. The standard InChI is InChI=1S/C21H27FN2O7S/c1-21(2,3)31-20(27)24-10-8-13(9-11-24)15-5-4-14(12-17(15)32(22,28)29)30-16-6-7-18(25)23-19(16)26/h4-5,12-13,16H,6-11H2,1-3H3,(H,23,25,26). The molecule has 2 fully saturated rings. The van der Waals surface area contributed by atoms with E-state index in [-0.39, 0.29) is 24.5 Å². The summed E-state index contributed by atoms with van der Waals surface area (Å²) in [5, 5.41) is 2.15. The fraction of sp³-hybridized carbons (Fsp3) is 0.571. The summed E-state index contributed by atoms with van der Waals surface area (Å²) >= 11 is 0. The number of imide groups is 1. The third kappa shape index (κ3) is 5.96. The summed E-state index contributed by atoms with van der Waals surface area (Å²) in [5.74, 6) is -1.29. The van der Waals surface area contributed by atoms with Crippen LogP contribution in [0.15, 0.2) is 23.1 Å². The molecular weight excluding hydrogens is 443 g/mol. The molecule has 9 nitrogen and oxygen atoms in total. The Morgan fingerprint density at radius 3 is 2.38 bits per heavy atom. The normalized spacial score (nSPS) is 20.6. The molecule has 32 heavy (non-hydrogen) atoms. The number of likely N-dealkylation sites (tertiary alicyclic amines) is 1. The highest BCUT2D eigenvalue weighted by Crippen LogP contribution is 2.36. The van der Waals surface area contributed by atoms with Crippen molar-refractivity contribution in [1.82, 2.24) is 10.2 Å². The highest BCUT2D eigenvalue weighted by atomic mass is 32.3. The molecule has 0 spiro atoms. The minimum absolute atomic E-state index is 0.0191. The lowest BCUT2D eigenvalue weighted by molar-refractivity contribution is -0.138. The summed E-state index contributed by atoms with van der Waals surface area (Å²) in [5.41, 5.74) is -0.325. The smallest absolute Gasteiger partial charge is 0.410 e. The van der Waals surface area contributed by atoms with Gasteiger partial charge in [0.15, 0.2) is 6.10 Å². The summed E-state index contributed by atoms with van der Waals surface area (Å²) in [6, 6.07) is 4.02. The second-order valence-electron chi connectivity index (χ2n) is 8.94. The number of piperidine rings is 2. The van der Waals surface area contributed by atoms with Gasteiger partial charge in [-0.2, -0.15) is 8.42 Å². The van der Waals surface area contributed by atoms with Crippen molar-refractivity contribution in [2.24, 2.45) is 0 Å². The maximum Gasteiger partial charge on any atom is 0.410 e.